The molecule has 1 N–H and O–H groups in total. The van der Waals surface area contributed by atoms with E-state index in [1.165, 1.54) is 6.92 Å². The van der Waals surface area contributed by atoms with Crippen molar-refractivity contribution in [2.75, 3.05) is 0 Å². The minimum Gasteiger partial charge on any atom is -0.510 e. The van der Waals surface area contributed by atoms with Crippen LogP contribution in [0.15, 0.2) is 11.3 Å². The molecule has 1 aliphatic rings. The molecule has 3 nitrogen and oxygen atoms in total. The molecule has 0 fully saturated rings. The molecule has 0 aliphatic carbocycles. The van der Waals surface area contributed by atoms with Crippen LogP contribution >= 0.6 is 11.8 Å². The third-order valence-electron chi connectivity index (χ3n) is 3.75. The summed E-state index contributed by atoms with van der Waals surface area (Å²) in [6.45, 7) is 3.61. The lowest BCUT2D eigenvalue weighted by Crippen LogP contribution is -2.28. The van der Waals surface area contributed by atoms with Gasteiger partial charge in [0.05, 0.1) is 4.75 Å². The fourth-order valence-corrected chi connectivity index (χ4v) is 3.56. The monoisotopic (exact) mass is 338 g/mol. The van der Waals surface area contributed by atoms with Gasteiger partial charge in [0.1, 0.15) is 11.3 Å². The van der Waals surface area contributed by atoms with Gasteiger partial charge in [-0.15, -0.1) is 0 Å². The highest BCUT2D eigenvalue weighted by Gasteiger charge is 2.52. The van der Waals surface area contributed by atoms with Gasteiger partial charge >= 0.3 is 6.18 Å². The van der Waals surface area contributed by atoms with Gasteiger partial charge in [0.2, 0.25) is 5.12 Å². The molecular formula is C15H21F3O3S. The Morgan fingerprint density at radius 3 is 2.27 bits per heavy atom. The summed E-state index contributed by atoms with van der Waals surface area (Å²) in [6, 6.07) is 0. The van der Waals surface area contributed by atoms with Crippen LogP contribution < -0.4 is 0 Å². The molecule has 0 saturated heterocycles. The van der Waals surface area contributed by atoms with E-state index in [0.29, 0.717) is 24.6 Å². The van der Waals surface area contributed by atoms with E-state index in [4.69, 9.17) is 0 Å². The number of Topliss-reactive ketones (excluding diaryl/α,β-unsaturated/α-hetero) is 1. The number of halogens is 3. The number of alkyl halides is 3. The molecule has 22 heavy (non-hydrogen) atoms. The minimum atomic E-state index is -5.15. The number of aliphatic hydroxyl groups excluding tert-OH is 1. The van der Waals surface area contributed by atoms with Crippen LogP contribution in [0.1, 0.15) is 58.8 Å². The molecule has 0 saturated carbocycles. The number of hydrogen-bond donors (Lipinski definition) is 1. The number of ketones is 1. The van der Waals surface area contributed by atoms with Crippen molar-refractivity contribution < 1.29 is 27.9 Å². The molecule has 7 heteroatoms. The Labute approximate surface area is 132 Å². The quantitative estimate of drug-likeness (QED) is 0.514. The topological polar surface area (TPSA) is 54.4 Å². The average Bonchev–Trinajstić information content (AvgIpc) is 2.63. The van der Waals surface area contributed by atoms with Gasteiger partial charge in [-0.2, -0.15) is 13.2 Å². The van der Waals surface area contributed by atoms with Crippen LogP contribution in [-0.4, -0.2) is 26.9 Å². The predicted molar refractivity (Wildman–Crippen MR) is 79.7 cm³/mol. The number of unbranched alkanes of at least 4 members (excludes halogenated alkanes) is 5. The van der Waals surface area contributed by atoms with Crippen molar-refractivity contribution in [3.05, 3.63) is 11.3 Å². The van der Waals surface area contributed by atoms with E-state index in [2.05, 4.69) is 6.92 Å². The SMILES string of the molecule is CCCCCCCCC1(C)SC(=O)C(C(=O)C(F)(F)F)=C1O. The van der Waals surface area contributed by atoms with Crippen LogP contribution in [0, 0.1) is 0 Å². The summed E-state index contributed by atoms with van der Waals surface area (Å²) >= 11 is 0.613. The van der Waals surface area contributed by atoms with E-state index in [0.717, 1.165) is 32.1 Å². The van der Waals surface area contributed by atoms with Crippen molar-refractivity contribution in [2.45, 2.75) is 69.7 Å². The Kier molecular flexibility index (Phi) is 6.52. The second-order valence-electron chi connectivity index (χ2n) is 5.69. The van der Waals surface area contributed by atoms with E-state index >= 15 is 0 Å². The number of carbonyl (C=O) groups is 2. The molecule has 1 aliphatic heterocycles. The number of carbonyl (C=O) groups excluding carboxylic acids is 2. The van der Waals surface area contributed by atoms with Gasteiger partial charge in [-0.05, 0) is 13.3 Å². The molecule has 0 spiro atoms. The Morgan fingerprint density at radius 1 is 1.18 bits per heavy atom. The van der Waals surface area contributed by atoms with Gasteiger partial charge in [0.15, 0.2) is 0 Å². The van der Waals surface area contributed by atoms with Crippen LogP contribution in [0.5, 0.6) is 0 Å². The number of thioether (sulfide) groups is 1. The van der Waals surface area contributed by atoms with E-state index < -0.39 is 33.2 Å². The van der Waals surface area contributed by atoms with E-state index in [1.807, 2.05) is 0 Å². The van der Waals surface area contributed by atoms with Gasteiger partial charge in [-0.3, -0.25) is 9.59 Å². The van der Waals surface area contributed by atoms with Gasteiger partial charge in [0, 0.05) is 0 Å². The lowest BCUT2D eigenvalue weighted by Gasteiger charge is -2.22. The minimum absolute atomic E-state index is 0.371. The van der Waals surface area contributed by atoms with Crippen LogP contribution in [-0.2, 0) is 9.59 Å². The molecule has 0 aromatic heterocycles. The standard InChI is InChI=1S/C15H21F3O3S/c1-3-4-5-6-7-8-9-14(2)11(19)10(13(21)22-14)12(20)15(16,17)18/h19H,3-9H2,1-2H3. The highest BCUT2D eigenvalue weighted by molar-refractivity contribution is 8.16. The van der Waals surface area contributed by atoms with Crippen LogP contribution in [0.4, 0.5) is 13.2 Å². The van der Waals surface area contributed by atoms with Crippen LogP contribution in [0.25, 0.3) is 0 Å². The Hall–Kier alpha value is -0.980. The molecule has 1 unspecified atom stereocenters. The maximum Gasteiger partial charge on any atom is 0.455 e. The summed E-state index contributed by atoms with van der Waals surface area (Å²) in [6.07, 6.45) is 1.17. The first-order chi connectivity index (χ1) is 10.1. The molecule has 126 valence electrons. The average molecular weight is 338 g/mol. The zero-order valence-electron chi connectivity index (χ0n) is 12.8. The zero-order chi connectivity index (χ0) is 17.0. The third kappa shape index (κ3) is 4.51. The smallest absolute Gasteiger partial charge is 0.455 e. The van der Waals surface area contributed by atoms with E-state index in [1.54, 1.807) is 0 Å². The fraction of sp³-hybridized carbons (Fsp3) is 0.733. The zero-order valence-corrected chi connectivity index (χ0v) is 13.6. The normalized spacial score (nSPS) is 22.5. The summed E-state index contributed by atoms with van der Waals surface area (Å²) < 4.78 is 36.3. The number of rotatable bonds is 8. The van der Waals surface area contributed by atoms with Gasteiger partial charge in [-0.25, -0.2) is 0 Å². The molecular weight excluding hydrogens is 317 g/mol. The highest BCUT2D eigenvalue weighted by Crippen LogP contribution is 2.47. The predicted octanol–water partition coefficient (Wildman–Crippen LogP) is 4.71. The second kappa shape index (κ2) is 7.53. The molecule has 1 atom stereocenters. The molecule has 1 heterocycles. The Bertz CT molecular complexity index is 471. The van der Waals surface area contributed by atoms with E-state index in [-0.39, 0.29) is 0 Å². The molecule has 0 aromatic carbocycles. The van der Waals surface area contributed by atoms with Crippen molar-refractivity contribution in [3.8, 4) is 0 Å². The summed E-state index contributed by atoms with van der Waals surface area (Å²) in [5.41, 5.74) is -1.11. The van der Waals surface area contributed by atoms with Crippen molar-refractivity contribution in [3.63, 3.8) is 0 Å². The van der Waals surface area contributed by atoms with Gasteiger partial charge in [-0.1, -0.05) is 57.2 Å². The first-order valence-electron chi connectivity index (χ1n) is 7.42. The first kappa shape index (κ1) is 19.1. The lowest BCUT2D eigenvalue weighted by atomic mass is 9.95. The lowest BCUT2D eigenvalue weighted by molar-refractivity contribution is -0.167. The Morgan fingerprint density at radius 2 is 1.73 bits per heavy atom. The number of aliphatic hydroxyl groups is 1. The molecule has 0 aromatic rings. The van der Waals surface area contributed by atoms with Crippen molar-refractivity contribution in [1.82, 2.24) is 0 Å². The summed E-state index contributed by atoms with van der Waals surface area (Å²) in [5, 5.41) is 8.98. The van der Waals surface area contributed by atoms with Crippen LogP contribution in [0.2, 0.25) is 0 Å². The van der Waals surface area contributed by atoms with Gasteiger partial charge < -0.3 is 5.11 Å². The summed E-state index contributed by atoms with van der Waals surface area (Å²) in [7, 11) is 0. The largest absolute Gasteiger partial charge is 0.510 e. The molecule has 0 amide bonds. The van der Waals surface area contributed by atoms with Crippen molar-refractivity contribution in [1.29, 1.82) is 0 Å². The maximum atomic E-state index is 12.5. The van der Waals surface area contributed by atoms with Crippen LogP contribution in [0.3, 0.4) is 0 Å². The maximum absolute atomic E-state index is 12.5. The third-order valence-corrected chi connectivity index (χ3v) is 4.99. The second-order valence-corrected chi connectivity index (χ2v) is 7.16. The summed E-state index contributed by atoms with van der Waals surface area (Å²) in [5.74, 6) is -2.98. The molecule has 0 radical (unpaired) electrons. The molecule has 1 rings (SSSR count). The van der Waals surface area contributed by atoms with Gasteiger partial charge in [0.25, 0.3) is 5.78 Å². The first-order valence-corrected chi connectivity index (χ1v) is 8.23. The highest BCUT2D eigenvalue weighted by atomic mass is 32.2. The Balaban J connectivity index is 2.70. The molecule has 0 bridgehead atoms. The van der Waals surface area contributed by atoms with Crippen molar-refractivity contribution in [2.24, 2.45) is 0 Å². The van der Waals surface area contributed by atoms with Crippen molar-refractivity contribution >= 4 is 22.7 Å². The number of hydrogen-bond acceptors (Lipinski definition) is 4. The fourth-order valence-electron chi connectivity index (χ4n) is 2.42. The summed E-state index contributed by atoms with van der Waals surface area (Å²) in [4.78, 5) is 22.9. The van der Waals surface area contributed by atoms with E-state index in [9.17, 15) is 27.9 Å².